The van der Waals surface area contributed by atoms with Crippen molar-refractivity contribution < 1.29 is 9.53 Å². The van der Waals surface area contributed by atoms with Gasteiger partial charge in [0.2, 0.25) is 11.8 Å². The first-order valence-corrected chi connectivity index (χ1v) is 9.68. The van der Waals surface area contributed by atoms with Gasteiger partial charge in [-0.15, -0.1) is 0 Å². The summed E-state index contributed by atoms with van der Waals surface area (Å²) in [5.41, 5.74) is 3.67. The van der Waals surface area contributed by atoms with Crippen LogP contribution >= 0.6 is 0 Å². The van der Waals surface area contributed by atoms with E-state index in [1.165, 1.54) is 6.33 Å². The van der Waals surface area contributed by atoms with Crippen LogP contribution in [-0.4, -0.2) is 70.6 Å². The summed E-state index contributed by atoms with van der Waals surface area (Å²) < 4.78 is 7.53. The predicted octanol–water partition coefficient (Wildman–Crippen LogP) is 2.43. The summed E-state index contributed by atoms with van der Waals surface area (Å²) in [7, 11) is 5.64. The van der Waals surface area contributed by atoms with Crippen molar-refractivity contribution in [3.05, 3.63) is 48.3 Å². The highest BCUT2D eigenvalue weighted by molar-refractivity contribution is 6.02. The smallest absolute Gasteiger partial charge is 0.246 e. The van der Waals surface area contributed by atoms with Crippen LogP contribution in [0.15, 0.2) is 42.7 Å². The van der Waals surface area contributed by atoms with Gasteiger partial charge in [-0.05, 0) is 18.7 Å². The second-order valence-electron chi connectivity index (χ2n) is 7.23. The molecule has 3 aromatic rings. The molecule has 0 N–H and O–H groups in total. The Kier molecular flexibility index (Phi) is 5.31. The lowest BCUT2D eigenvalue weighted by Gasteiger charge is -2.31. The topological polar surface area (TPSA) is 63.5 Å². The number of carbonyl (C=O) groups excluding carboxylic acids is 1. The number of methoxy groups -OCH3 is 1. The van der Waals surface area contributed by atoms with Crippen LogP contribution in [0.1, 0.15) is 5.56 Å². The number of fused-ring (bicyclic) bond motifs is 1. The molecule has 1 amide bonds. The Bertz CT molecular complexity index is 1050. The van der Waals surface area contributed by atoms with E-state index in [1.54, 1.807) is 13.2 Å². The molecule has 0 spiro atoms. The van der Waals surface area contributed by atoms with Gasteiger partial charge in [0.25, 0.3) is 0 Å². The number of piperazine rings is 1. The van der Waals surface area contributed by atoms with Crippen molar-refractivity contribution in [2.75, 3.05) is 40.3 Å². The summed E-state index contributed by atoms with van der Waals surface area (Å²) in [6.45, 7) is 3.27. The molecule has 150 valence electrons. The van der Waals surface area contributed by atoms with Crippen molar-refractivity contribution in [1.29, 1.82) is 0 Å². The summed E-state index contributed by atoms with van der Waals surface area (Å²) in [6, 6.07) is 10.1. The van der Waals surface area contributed by atoms with Gasteiger partial charge in [0, 0.05) is 44.9 Å². The quantitative estimate of drug-likeness (QED) is 0.639. The molecule has 0 saturated carbocycles. The van der Waals surface area contributed by atoms with Gasteiger partial charge in [-0.1, -0.05) is 30.3 Å². The molecule has 2 aromatic heterocycles. The molecule has 0 unspecified atom stereocenters. The minimum absolute atomic E-state index is 0.0185. The zero-order valence-electron chi connectivity index (χ0n) is 17.0. The first-order valence-electron chi connectivity index (χ1n) is 9.68. The summed E-state index contributed by atoms with van der Waals surface area (Å²) in [4.78, 5) is 25.6. The predicted molar refractivity (Wildman–Crippen MR) is 114 cm³/mol. The molecule has 7 nitrogen and oxygen atoms in total. The number of amides is 1. The van der Waals surface area contributed by atoms with Crippen molar-refractivity contribution in [3.8, 4) is 17.1 Å². The normalized spacial score (nSPS) is 15.3. The molecule has 7 heteroatoms. The van der Waals surface area contributed by atoms with Crippen LogP contribution in [0.2, 0.25) is 0 Å². The van der Waals surface area contributed by atoms with E-state index in [4.69, 9.17) is 4.74 Å². The second-order valence-corrected chi connectivity index (χ2v) is 7.23. The largest absolute Gasteiger partial charge is 0.480 e. The van der Waals surface area contributed by atoms with Gasteiger partial charge in [0.1, 0.15) is 12.0 Å². The second kappa shape index (κ2) is 8.05. The molecule has 4 rings (SSSR count). The molecular formula is C22H25N5O2. The Morgan fingerprint density at radius 3 is 2.48 bits per heavy atom. The Labute approximate surface area is 170 Å². The van der Waals surface area contributed by atoms with Gasteiger partial charge in [0.05, 0.1) is 18.2 Å². The van der Waals surface area contributed by atoms with E-state index in [1.807, 2.05) is 52.9 Å². The van der Waals surface area contributed by atoms with Crippen molar-refractivity contribution >= 4 is 23.0 Å². The maximum atomic E-state index is 12.8. The summed E-state index contributed by atoms with van der Waals surface area (Å²) in [6.07, 6.45) is 5.02. The van der Waals surface area contributed by atoms with Crippen LogP contribution < -0.4 is 4.74 Å². The fraction of sp³-hybridized carbons (Fsp3) is 0.318. The van der Waals surface area contributed by atoms with Crippen molar-refractivity contribution in [2.24, 2.45) is 7.05 Å². The fourth-order valence-corrected chi connectivity index (χ4v) is 3.80. The van der Waals surface area contributed by atoms with Gasteiger partial charge in [-0.25, -0.2) is 9.97 Å². The zero-order valence-corrected chi connectivity index (χ0v) is 17.0. The highest BCUT2D eigenvalue weighted by Gasteiger charge is 2.21. The average molecular weight is 391 g/mol. The van der Waals surface area contributed by atoms with Crippen LogP contribution in [0.4, 0.5) is 0 Å². The number of hydrogen-bond donors (Lipinski definition) is 0. The molecule has 1 saturated heterocycles. The van der Waals surface area contributed by atoms with Crippen LogP contribution in [0.3, 0.4) is 0 Å². The van der Waals surface area contributed by atoms with Gasteiger partial charge in [0.15, 0.2) is 0 Å². The third kappa shape index (κ3) is 3.61. The molecule has 0 aliphatic carbocycles. The number of likely N-dealkylation sites (N-methyl/N-ethyl adjacent to an activating group) is 1. The SMILES string of the molecule is COc1ncnc2c1c(/C=C/C(=O)N1CCN(C)CC1)c(-c1ccccc1)n2C. The lowest BCUT2D eigenvalue weighted by Crippen LogP contribution is -2.46. The first-order chi connectivity index (χ1) is 14.1. The molecule has 3 heterocycles. The number of hydrogen-bond acceptors (Lipinski definition) is 5. The maximum Gasteiger partial charge on any atom is 0.246 e. The van der Waals surface area contributed by atoms with Gasteiger partial charge in [-0.2, -0.15) is 0 Å². The van der Waals surface area contributed by atoms with Crippen molar-refractivity contribution in [3.63, 3.8) is 0 Å². The van der Waals surface area contributed by atoms with Crippen molar-refractivity contribution in [2.45, 2.75) is 0 Å². The number of aromatic nitrogens is 3. The van der Waals surface area contributed by atoms with E-state index >= 15 is 0 Å². The zero-order chi connectivity index (χ0) is 20.4. The third-order valence-electron chi connectivity index (χ3n) is 5.42. The summed E-state index contributed by atoms with van der Waals surface area (Å²) in [5.74, 6) is 0.518. The first kappa shape index (κ1) is 19.1. The fourth-order valence-electron chi connectivity index (χ4n) is 3.80. The molecule has 0 atom stereocenters. The lowest BCUT2D eigenvalue weighted by molar-refractivity contribution is -0.127. The van der Waals surface area contributed by atoms with E-state index in [0.717, 1.165) is 54.0 Å². The van der Waals surface area contributed by atoms with Crippen molar-refractivity contribution in [1.82, 2.24) is 24.3 Å². The number of rotatable bonds is 4. The Hall–Kier alpha value is -3.19. The van der Waals surface area contributed by atoms with E-state index in [0.29, 0.717) is 5.88 Å². The molecule has 1 aromatic carbocycles. The molecular weight excluding hydrogens is 366 g/mol. The summed E-state index contributed by atoms with van der Waals surface area (Å²) >= 11 is 0. The highest BCUT2D eigenvalue weighted by Crippen LogP contribution is 2.36. The Balaban J connectivity index is 1.80. The van der Waals surface area contributed by atoms with Gasteiger partial charge < -0.3 is 19.1 Å². The molecule has 0 bridgehead atoms. The molecule has 0 radical (unpaired) electrons. The van der Waals surface area contributed by atoms with Crippen LogP contribution in [0, 0.1) is 0 Å². The molecule has 29 heavy (non-hydrogen) atoms. The number of carbonyl (C=O) groups is 1. The molecule has 1 aliphatic rings. The Morgan fingerprint density at radius 2 is 1.79 bits per heavy atom. The van der Waals surface area contributed by atoms with Crippen LogP contribution in [0.25, 0.3) is 28.4 Å². The van der Waals surface area contributed by atoms with Gasteiger partial charge in [-0.3, -0.25) is 4.79 Å². The average Bonchev–Trinajstić information content (AvgIpc) is 3.05. The van der Waals surface area contributed by atoms with Gasteiger partial charge >= 0.3 is 0 Å². The van der Waals surface area contributed by atoms with E-state index in [2.05, 4.69) is 21.9 Å². The highest BCUT2D eigenvalue weighted by atomic mass is 16.5. The van der Waals surface area contributed by atoms with E-state index in [-0.39, 0.29) is 5.91 Å². The van der Waals surface area contributed by atoms with E-state index in [9.17, 15) is 4.79 Å². The number of benzene rings is 1. The number of aryl methyl sites for hydroxylation is 1. The number of nitrogens with zero attached hydrogens (tertiary/aromatic N) is 5. The molecule has 1 aliphatic heterocycles. The maximum absolute atomic E-state index is 12.8. The van der Waals surface area contributed by atoms with E-state index < -0.39 is 0 Å². The summed E-state index contributed by atoms with van der Waals surface area (Å²) in [5, 5.41) is 0.804. The minimum Gasteiger partial charge on any atom is -0.480 e. The number of ether oxygens (including phenoxy) is 1. The van der Waals surface area contributed by atoms with Crippen LogP contribution in [0.5, 0.6) is 5.88 Å². The standard InChI is InChI=1S/C22H25N5O2/c1-25-11-13-27(14-12-25)18(28)10-9-17-19-21(23-15-24-22(19)29-3)26(2)20(17)16-7-5-4-6-8-16/h4-10,15H,11-14H2,1-3H3/b10-9+. The monoisotopic (exact) mass is 391 g/mol. The lowest BCUT2D eigenvalue weighted by atomic mass is 10.1. The third-order valence-corrected chi connectivity index (χ3v) is 5.42. The van der Waals surface area contributed by atoms with Crippen LogP contribution in [-0.2, 0) is 11.8 Å². The Morgan fingerprint density at radius 1 is 1.07 bits per heavy atom. The minimum atomic E-state index is 0.0185. The molecule has 1 fully saturated rings.